The van der Waals surface area contributed by atoms with Crippen LogP contribution in [0.4, 0.5) is 5.69 Å². The fourth-order valence-corrected chi connectivity index (χ4v) is 2.80. The zero-order chi connectivity index (χ0) is 16.1. The lowest BCUT2D eigenvalue weighted by Gasteiger charge is -2.13. The molecule has 3 nitrogen and oxygen atoms in total. The summed E-state index contributed by atoms with van der Waals surface area (Å²) in [5.41, 5.74) is 2.90. The third-order valence-corrected chi connectivity index (χ3v) is 3.97. The highest BCUT2D eigenvalue weighted by Crippen LogP contribution is 2.24. The summed E-state index contributed by atoms with van der Waals surface area (Å²) in [5.74, 6) is -0.0393. The van der Waals surface area contributed by atoms with Gasteiger partial charge in [-0.1, -0.05) is 41.4 Å². The number of hydrogen-bond acceptors (Lipinski definition) is 1. The summed E-state index contributed by atoms with van der Waals surface area (Å²) in [4.78, 5) is 12.0. The molecule has 0 unspecified atom stereocenters. The second-order valence-electron chi connectivity index (χ2n) is 5.31. The maximum atomic E-state index is 12.0. The van der Waals surface area contributed by atoms with Crippen molar-refractivity contribution in [2.24, 2.45) is 0 Å². The number of benzene rings is 2. The topological polar surface area (TPSA) is 45.7 Å². The molecule has 0 radical (unpaired) electrons. The van der Waals surface area contributed by atoms with E-state index in [1.165, 1.54) is 0 Å². The molecule has 0 heterocycles. The van der Waals surface area contributed by atoms with Crippen molar-refractivity contribution in [3.05, 3.63) is 63.6 Å². The van der Waals surface area contributed by atoms with Crippen molar-refractivity contribution >= 4 is 34.8 Å². The fourth-order valence-electron chi connectivity index (χ4n) is 2.22. The van der Waals surface area contributed by atoms with Crippen LogP contribution in [0.1, 0.15) is 24.1 Å². The van der Waals surface area contributed by atoms with E-state index in [0.29, 0.717) is 16.6 Å². The third kappa shape index (κ3) is 4.73. The van der Waals surface area contributed by atoms with Crippen molar-refractivity contribution in [2.75, 3.05) is 11.9 Å². The van der Waals surface area contributed by atoms with Crippen LogP contribution in [0.2, 0.25) is 10.0 Å². The number of nitrogens with one attached hydrogen (secondary N) is 1. The number of carbonyl (C=O) groups is 1. The van der Waals surface area contributed by atoms with Crippen LogP contribution in [0.15, 0.2) is 42.5 Å². The van der Waals surface area contributed by atoms with Crippen molar-refractivity contribution in [1.29, 1.82) is 0 Å². The van der Waals surface area contributed by atoms with Crippen molar-refractivity contribution in [3.8, 4) is 0 Å². The van der Waals surface area contributed by atoms with Crippen LogP contribution in [-0.2, 0) is 4.79 Å². The van der Waals surface area contributed by atoms with Gasteiger partial charge in [0, 0.05) is 16.3 Å². The average Bonchev–Trinajstić information content (AvgIpc) is 2.45. The number of rotatable bonds is 5. The van der Waals surface area contributed by atoms with Gasteiger partial charge < -0.3 is 10.6 Å². The van der Waals surface area contributed by atoms with E-state index in [1.807, 2.05) is 49.5 Å². The van der Waals surface area contributed by atoms with Crippen LogP contribution in [0.25, 0.3) is 0 Å². The molecule has 2 rings (SSSR count). The predicted octanol–water partition coefficient (Wildman–Crippen LogP) is 3.56. The van der Waals surface area contributed by atoms with Gasteiger partial charge in [0.2, 0.25) is 0 Å². The molecule has 0 bridgehead atoms. The van der Waals surface area contributed by atoms with Crippen LogP contribution in [0, 0.1) is 6.92 Å². The lowest BCUT2D eigenvalue weighted by atomic mass is 10.1. The minimum atomic E-state index is -0.0393. The molecule has 0 aromatic heterocycles. The second-order valence-corrected chi connectivity index (χ2v) is 6.16. The highest BCUT2D eigenvalue weighted by molar-refractivity contribution is 6.35. The zero-order valence-corrected chi connectivity index (χ0v) is 14.1. The molecule has 0 aliphatic carbocycles. The first-order chi connectivity index (χ1) is 10.5. The van der Waals surface area contributed by atoms with Crippen LogP contribution < -0.4 is 10.6 Å². The first kappa shape index (κ1) is 16.8. The molecule has 0 saturated carbocycles. The first-order valence-corrected chi connectivity index (χ1v) is 7.86. The average molecular weight is 338 g/mol. The lowest BCUT2D eigenvalue weighted by molar-refractivity contribution is -0.682. The number of hydrogen-bond donors (Lipinski definition) is 2. The number of amides is 1. The van der Waals surface area contributed by atoms with Gasteiger partial charge in [-0.25, -0.2) is 0 Å². The summed E-state index contributed by atoms with van der Waals surface area (Å²) in [6.45, 7) is 4.33. The normalized spacial score (nSPS) is 12.0. The quantitative estimate of drug-likeness (QED) is 0.860. The number of aryl methyl sites for hydroxylation is 1. The van der Waals surface area contributed by atoms with E-state index in [4.69, 9.17) is 23.2 Å². The van der Waals surface area contributed by atoms with Crippen LogP contribution in [-0.4, -0.2) is 12.5 Å². The van der Waals surface area contributed by atoms with Crippen molar-refractivity contribution in [3.63, 3.8) is 0 Å². The van der Waals surface area contributed by atoms with Gasteiger partial charge in [0.25, 0.3) is 5.91 Å². The van der Waals surface area contributed by atoms with Crippen LogP contribution in [0.3, 0.4) is 0 Å². The van der Waals surface area contributed by atoms with Crippen LogP contribution in [0.5, 0.6) is 0 Å². The lowest BCUT2D eigenvalue weighted by Crippen LogP contribution is -2.86. The second kappa shape index (κ2) is 7.63. The summed E-state index contributed by atoms with van der Waals surface area (Å²) >= 11 is 12.1. The first-order valence-electron chi connectivity index (χ1n) is 7.10. The molecule has 2 aromatic rings. The highest BCUT2D eigenvalue weighted by atomic mass is 35.5. The summed E-state index contributed by atoms with van der Waals surface area (Å²) in [5, 5.41) is 6.06. The molecule has 1 amide bonds. The summed E-state index contributed by atoms with van der Waals surface area (Å²) < 4.78 is 0. The molecule has 0 aliphatic heterocycles. The molecule has 0 spiro atoms. The van der Waals surface area contributed by atoms with Gasteiger partial charge in [-0.2, -0.15) is 0 Å². The van der Waals surface area contributed by atoms with E-state index in [2.05, 4.69) is 5.32 Å². The number of nitrogens with two attached hydrogens (primary N) is 1. The summed E-state index contributed by atoms with van der Waals surface area (Å²) in [6, 6.07) is 13.2. The standard InChI is InChI=1S/C17H18Cl2N2O/c1-11-4-3-5-14(8-11)21-17(22)10-20-12(2)15-7-6-13(18)9-16(15)19/h3-9,12,20H,10H2,1-2H3,(H,21,22)/p+1/t12-/m0/s1. The predicted molar refractivity (Wildman–Crippen MR) is 91.5 cm³/mol. The van der Waals surface area contributed by atoms with Crippen molar-refractivity contribution in [1.82, 2.24) is 0 Å². The van der Waals surface area contributed by atoms with Gasteiger partial charge in [-0.15, -0.1) is 0 Å². The SMILES string of the molecule is Cc1cccc(NC(=O)C[NH2+][C@@H](C)c2ccc(Cl)cc2Cl)c1. The van der Waals surface area contributed by atoms with Gasteiger partial charge >= 0.3 is 0 Å². The Morgan fingerprint density at radius 3 is 2.68 bits per heavy atom. The Balaban J connectivity index is 1.90. The maximum absolute atomic E-state index is 12.0. The van der Waals surface area contributed by atoms with E-state index in [0.717, 1.165) is 16.8 Å². The van der Waals surface area contributed by atoms with Gasteiger partial charge in [-0.3, -0.25) is 4.79 Å². The molecule has 22 heavy (non-hydrogen) atoms. The minimum Gasteiger partial charge on any atom is -0.332 e. The summed E-state index contributed by atoms with van der Waals surface area (Å²) in [6.07, 6.45) is 0. The van der Waals surface area contributed by atoms with Crippen molar-refractivity contribution < 1.29 is 10.1 Å². The van der Waals surface area contributed by atoms with E-state index in [-0.39, 0.29) is 11.9 Å². The number of carbonyl (C=O) groups excluding carboxylic acids is 1. The molecule has 2 aromatic carbocycles. The Morgan fingerprint density at radius 2 is 2.00 bits per heavy atom. The molecular weight excluding hydrogens is 319 g/mol. The van der Waals surface area contributed by atoms with Gasteiger partial charge in [-0.05, 0) is 43.7 Å². The van der Waals surface area contributed by atoms with E-state index in [9.17, 15) is 4.79 Å². The smallest absolute Gasteiger partial charge is 0.279 e. The number of anilines is 1. The Bertz CT molecular complexity index is 673. The van der Waals surface area contributed by atoms with Gasteiger partial charge in [0.05, 0.1) is 5.02 Å². The maximum Gasteiger partial charge on any atom is 0.279 e. The van der Waals surface area contributed by atoms with Crippen molar-refractivity contribution in [2.45, 2.75) is 19.9 Å². The van der Waals surface area contributed by atoms with Gasteiger partial charge in [0.15, 0.2) is 6.54 Å². The van der Waals surface area contributed by atoms with Gasteiger partial charge in [0.1, 0.15) is 6.04 Å². The van der Waals surface area contributed by atoms with E-state index >= 15 is 0 Å². The summed E-state index contributed by atoms with van der Waals surface area (Å²) in [7, 11) is 0. The molecule has 1 atom stereocenters. The molecule has 0 saturated heterocycles. The Morgan fingerprint density at radius 1 is 1.23 bits per heavy atom. The van der Waals surface area contributed by atoms with E-state index in [1.54, 1.807) is 12.1 Å². The third-order valence-electron chi connectivity index (χ3n) is 3.41. The molecule has 3 N–H and O–H groups in total. The molecule has 116 valence electrons. The molecule has 0 aliphatic rings. The van der Waals surface area contributed by atoms with E-state index < -0.39 is 0 Å². The highest BCUT2D eigenvalue weighted by Gasteiger charge is 2.14. The Kier molecular flexibility index (Phi) is 5.83. The molecular formula is C17H19Cl2N2O+. The largest absolute Gasteiger partial charge is 0.332 e. The van der Waals surface area contributed by atoms with Crippen LogP contribution >= 0.6 is 23.2 Å². The molecule has 5 heteroatoms. The number of halogens is 2. The fraction of sp³-hybridized carbons (Fsp3) is 0.235. The molecule has 0 fully saturated rings. The monoisotopic (exact) mass is 337 g/mol. The Hall–Kier alpha value is -1.55. The zero-order valence-electron chi connectivity index (χ0n) is 12.6. The minimum absolute atomic E-state index is 0.0393. The Labute approximate surface area is 140 Å². The number of quaternary nitrogens is 1.